The number of ether oxygens (including phenoxy) is 3. The van der Waals surface area contributed by atoms with Gasteiger partial charge in [-0.1, -0.05) is 0 Å². The van der Waals surface area contributed by atoms with Crippen molar-refractivity contribution in [2.75, 3.05) is 21.3 Å². The number of aliphatic hydroxyl groups is 1. The highest BCUT2D eigenvalue weighted by Crippen LogP contribution is 2.47. The smallest absolute Gasteiger partial charge is 0.203 e. The first-order valence-corrected chi connectivity index (χ1v) is 5.39. The van der Waals surface area contributed by atoms with Crippen molar-refractivity contribution in [3.63, 3.8) is 0 Å². The average Bonchev–Trinajstić information content (AvgIpc) is 2.63. The van der Waals surface area contributed by atoms with Crippen LogP contribution in [0.1, 0.15) is 17.2 Å². The van der Waals surface area contributed by atoms with Crippen LogP contribution in [0.15, 0.2) is 6.07 Å². The van der Waals surface area contributed by atoms with Gasteiger partial charge >= 0.3 is 0 Å². The second kappa shape index (κ2) is 5.65. The molecule has 1 aromatic rings. The number of hydrogen-bond acceptors (Lipinski definition) is 5. The quantitative estimate of drug-likeness (QED) is 0.863. The Labute approximate surface area is 112 Å². The SMILES string of the molecule is COc1cc2c(c(OC)c1OC)CC(N)C2O.Cl. The van der Waals surface area contributed by atoms with Crippen molar-refractivity contribution in [2.24, 2.45) is 5.73 Å². The molecule has 3 N–H and O–H groups in total. The normalized spacial score (nSPS) is 20.9. The summed E-state index contributed by atoms with van der Waals surface area (Å²) < 4.78 is 15.9. The van der Waals surface area contributed by atoms with Crippen LogP contribution in [0.3, 0.4) is 0 Å². The molecule has 6 heteroatoms. The van der Waals surface area contributed by atoms with Gasteiger partial charge in [0.15, 0.2) is 11.5 Å². The lowest BCUT2D eigenvalue weighted by molar-refractivity contribution is 0.159. The molecule has 0 heterocycles. The van der Waals surface area contributed by atoms with Crippen molar-refractivity contribution in [2.45, 2.75) is 18.6 Å². The summed E-state index contributed by atoms with van der Waals surface area (Å²) >= 11 is 0. The topological polar surface area (TPSA) is 73.9 Å². The maximum atomic E-state index is 9.98. The van der Waals surface area contributed by atoms with Crippen LogP contribution in [0.2, 0.25) is 0 Å². The van der Waals surface area contributed by atoms with Crippen molar-refractivity contribution in [1.29, 1.82) is 0 Å². The Morgan fingerprint density at radius 2 is 1.78 bits per heavy atom. The molecule has 5 nitrogen and oxygen atoms in total. The van der Waals surface area contributed by atoms with Crippen molar-refractivity contribution in [3.8, 4) is 17.2 Å². The fraction of sp³-hybridized carbons (Fsp3) is 0.500. The first-order chi connectivity index (χ1) is 8.13. The molecule has 0 fully saturated rings. The lowest BCUT2D eigenvalue weighted by Crippen LogP contribution is -2.24. The lowest BCUT2D eigenvalue weighted by atomic mass is 10.1. The standard InChI is InChI=1S/C12H17NO4.ClH/c1-15-9-5-6-7(4-8(13)10(6)14)11(16-2)12(9)17-3;/h5,8,10,14H,4,13H2,1-3H3;1H. The number of rotatable bonds is 3. The third kappa shape index (κ3) is 2.09. The Hall–Kier alpha value is -1.17. The van der Waals surface area contributed by atoms with Crippen LogP contribution in [0.25, 0.3) is 0 Å². The van der Waals surface area contributed by atoms with E-state index in [1.54, 1.807) is 27.4 Å². The van der Waals surface area contributed by atoms with E-state index in [2.05, 4.69) is 0 Å². The Kier molecular flexibility index (Phi) is 4.67. The number of nitrogens with two attached hydrogens (primary N) is 1. The van der Waals surface area contributed by atoms with Gasteiger partial charge in [-0.2, -0.15) is 0 Å². The zero-order valence-corrected chi connectivity index (χ0v) is 11.4. The first kappa shape index (κ1) is 14.9. The van der Waals surface area contributed by atoms with Crippen LogP contribution in [0, 0.1) is 0 Å². The van der Waals surface area contributed by atoms with Gasteiger partial charge in [0.05, 0.1) is 27.4 Å². The summed E-state index contributed by atoms with van der Waals surface area (Å²) in [6, 6.07) is 1.45. The van der Waals surface area contributed by atoms with Crippen LogP contribution in [-0.2, 0) is 6.42 Å². The first-order valence-electron chi connectivity index (χ1n) is 5.39. The van der Waals surface area contributed by atoms with E-state index < -0.39 is 6.10 Å². The molecule has 2 rings (SSSR count). The molecule has 0 aromatic heterocycles. The minimum absolute atomic E-state index is 0. The fourth-order valence-electron chi connectivity index (χ4n) is 2.29. The molecule has 2 atom stereocenters. The van der Waals surface area contributed by atoms with E-state index in [0.29, 0.717) is 23.7 Å². The summed E-state index contributed by atoms with van der Waals surface area (Å²) in [5.74, 6) is 1.67. The molecule has 2 unspecified atom stereocenters. The molecule has 0 saturated carbocycles. The van der Waals surface area contributed by atoms with Gasteiger partial charge in [0.25, 0.3) is 0 Å². The highest BCUT2D eigenvalue weighted by molar-refractivity contribution is 5.85. The van der Waals surface area contributed by atoms with Crippen LogP contribution in [0.5, 0.6) is 17.2 Å². The van der Waals surface area contributed by atoms with E-state index in [1.165, 1.54) is 0 Å². The highest BCUT2D eigenvalue weighted by Gasteiger charge is 2.34. The zero-order chi connectivity index (χ0) is 12.6. The minimum Gasteiger partial charge on any atom is -0.493 e. The Morgan fingerprint density at radius 3 is 2.28 bits per heavy atom. The minimum atomic E-state index is -0.682. The van der Waals surface area contributed by atoms with Gasteiger partial charge < -0.3 is 25.1 Å². The van der Waals surface area contributed by atoms with Crippen LogP contribution in [0.4, 0.5) is 0 Å². The molecule has 18 heavy (non-hydrogen) atoms. The molecule has 0 spiro atoms. The van der Waals surface area contributed by atoms with Crippen LogP contribution in [-0.4, -0.2) is 32.5 Å². The number of methoxy groups -OCH3 is 3. The Balaban J connectivity index is 0.00000162. The number of hydrogen-bond donors (Lipinski definition) is 2. The highest BCUT2D eigenvalue weighted by atomic mass is 35.5. The van der Waals surface area contributed by atoms with Gasteiger partial charge in [0.1, 0.15) is 0 Å². The molecular weight excluding hydrogens is 258 g/mol. The van der Waals surface area contributed by atoms with Crippen molar-refractivity contribution < 1.29 is 19.3 Å². The second-order valence-electron chi connectivity index (χ2n) is 4.03. The van der Waals surface area contributed by atoms with Gasteiger partial charge in [-0.3, -0.25) is 0 Å². The summed E-state index contributed by atoms with van der Waals surface area (Å²) in [4.78, 5) is 0. The van der Waals surface area contributed by atoms with Crippen LogP contribution < -0.4 is 19.9 Å². The van der Waals surface area contributed by atoms with E-state index in [1.807, 2.05) is 0 Å². The molecule has 0 bridgehead atoms. The van der Waals surface area contributed by atoms with Crippen molar-refractivity contribution in [1.82, 2.24) is 0 Å². The van der Waals surface area contributed by atoms with Gasteiger partial charge in [-0.15, -0.1) is 12.4 Å². The predicted octanol–water partition coefficient (Wildman–Crippen LogP) is 1.05. The number of halogens is 1. The summed E-state index contributed by atoms with van der Waals surface area (Å²) in [6.07, 6.45) is -0.112. The summed E-state index contributed by atoms with van der Waals surface area (Å²) in [5, 5.41) is 9.98. The maximum absolute atomic E-state index is 9.98. The second-order valence-corrected chi connectivity index (χ2v) is 4.03. The average molecular weight is 276 g/mol. The zero-order valence-electron chi connectivity index (χ0n) is 10.6. The van der Waals surface area contributed by atoms with Gasteiger partial charge in [-0.05, 0) is 18.1 Å². The summed E-state index contributed by atoms with van der Waals surface area (Å²) in [6.45, 7) is 0. The molecule has 0 aliphatic heterocycles. The van der Waals surface area contributed by atoms with E-state index in [4.69, 9.17) is 19.9 Å². The number of fused-ring (bicyclic) bond motifs is 1. The molecular formula is C12H18ClNO4. The molecule has 0 saturated heterocycles. The molecule has 1 aromatic carbocycles. The van der Waals surface area contributed by atoms with E-state index in [0.717, 1.165) is 11.1 Å². The van der Waals surface area contributed by atoms with Gasteiger partial charge in [-0.25, -0.2) is 0 Å². The molecule has 0 amide bonds. The van der Waals surface area contributed by atoms with E-state index in [9.17, 15) is 5.11 Å². The maximum Gasteiger partial charge on any atom is 0.203 e. The van der Waals surface area contributed by atoms with E-state index >= 15 is 0 Å². The molecule has 102 valence electrons. The Bertz CT molecular complexity index is 439. The molecule has 1 aliphatic carbocycles. The fourth-order valence-corrected chi connectivity index (χ4v) is 2.29. The van der Waals surface area contributed by atoms with Crippen molar-refractivity contribution in [3.05, 3.63) is 17.2 Å². The Morgan fingerprint density at radius 1 is 1.17 bits per heavy atom. The van der Waals surface area contributed by atoms with E-state index in [-0.39, 0.29) is 18.4 Å². The third-order valence-corrected chi connectivity index (χ3v) is 3.13. The van der Waals surface area contributed by atoms with Crippen LogP contribution >= 0.6 is 12.4 Å². The summed E-state index contributed by atoms with van der Waals surface area (Å²) in [5.41, 5.74) is 7.50. The largest absolute Gasteiger partial charge is 0.493 e. The molecule has 0 radical (unpaired) electrons. The third-order valence-electron chi connectivity index (χ3n) is 3.13. The van der Waals surface area contributed by atoms with Crippen molar-refractivity contribution >= 4 is 12.4 Å². The number of benzene rings is 1. The molecule has 1 aliphatic rings. The predicted molar refractivity (Wildman–Crippen MR) is 70.0 cm³/mol. The van der Waals surface area contributed by atoms with Gasteiger partial charge in [0.2, 0.25) is 5.75 Å². The lowest BCUT2D eigenvalue weighted by Gasteiger charge is -2.16. The number of aliphatic hydroxyl groups excluding tert-OH is 1. The van der Waals surface area contributed by atoms with Gasteiger partial charge in [0, 0.05) is 11.6 Å². The summed E-state index contributed by atoms with van der Waals surface area (Å²) in [7, 11) is 4.66. The monoisotopic (exact) mass is 275 g/mol.